The van der Waals surface area contributed by atoms with Gasteiger partial charge < -0.3 is 25.3 Å². The van der Waals surface area contributed by atoms with Crippen molar-refractivity contribution in [1.82, 2.24) is 19.9 Å². The maximum atomic E-state index is 11.7. The van der Waals surface area contributed by atoms with E-state index in [0.29, 0.717) is 33.9 Å². The second kappa shape index (κ2) is 10.4. The highest BCUT2D eigenvalue weighted by Gasteiger charge is 2.34. The molecule has 2 aliphatic heterocycles. The molecule has 2 atom stereocenters. The molecule has 5 heterocycles. The topological polar surface area (TPSA) is 135 Å². The van der Waals surface area contributed by atoms with E-state index in [1.807, 2.05) is 13.0 Å². The van der Waals surface area contributed by atoms with Crippen LogP contribution in [0.1, 0.15) is 111 Å². The summed E-state index contributed by atoms with van der Waals surface area (Å²) in [5.41, 5.74) is 12.2. The average molecular weight is 581 g/mol. The molecule has 3 aromatic heterocycles. The number of carboxylic acid groups (broad SMARTS) is 1. The highest BCUT2D eigenvalue weighted by Crippen LogP contribution is 2.40. The van der Waals surface area contributed by atoms with Gasteiger partial charge in [-0.2, -0.15) is 0 Å². The number of aromatic amines is 2. The van der Waals surface area contributed by atoms with E-state index in [-0.39, 0.29) is 42.1 Å². The molecule has 6 rings (SSSR count). The van der Waals surface area contributed by atoms with E-state index in [1.165, 1.54) is 16.7 Å². The number of aliphatic hydroxyl groups excluding tert-OH is 2. The summed E-state index contributed by atoms with van der Waals surface area (Å²) >= 11 is 0. The van der Waals surface area contributed by atoms with Crippen molar-refractivity contribution in [3.63, 3.8) is 0 Å². The zero-order valence-electron chi connectivity index (χ0n) is 25.9. The van der Waals surface area contributed by atoms with E-state index < -0.39 is 5.97 Å². The fraction of sp³-hybridized carbons (Fsp3) is 0.400. The summed E-state index contributed by atoms with van der Waals surface area (Å²) in [5.74, 6) is -0.834. The Morgan fingerprint density at radius 2 is 1.67 bits per heavy atom. The molecule has 8 nitrogen and oxygen atoms in total. The quantitative estimate of drug-likeness (QED) is 0.231. The molecule has 3 aromatic rings. The second-order valence-electron chi connectivity index (χ2n) is 12.5. The van der Waals surface area contributed by atoms with Gasteiger partial charge in [0.1, 0.15) is 11.5 Å². The van der Waals surface area contributed by atoms with Gasteiger partial charge in [0.2, 0.25) is 0 Å². The number of aliphatic carboxylic acids is 1. The summed E-state index contributed by atoms with van der Waals surface area (Å²) in [6.45, 7) is 14.8. The molecule has 1 aliphatic carbocycles. The number of rotatable bonds is 5. The lowest BCUT2D eigenvalue weighted by molar-refractivity contribution is -0.137. The number of nitrogens with zero attached hydrogens (tertiary/aromatic N) is 2. The van der Waals surface area contributed by atoms with Crippen LogP contribution in [0.15, 0.2) is 24.0 Å². The fourth-order valence-electron chi connectivity index (χ4n) is 7.31. The van der Waals surface area contributed by atoms with Crippen molar-refractivity contribution < 1.29 is 20.1 Å². The zero-order valence-corrected chi connectivity index (χ0v) is 25.9. The van der Waals surface area contributed by atoms with Gasteiger partial charge in [0.05, 0.1) is 28.4 Å². The van der Waals surface area contributed by atoms with Gasteiger partial charge in [-0.15, -0.1) is 0 Å². The normalized spacial score (nSPS) is 18.2. The Hall–Kier alpha value is -4.33. The van der Waals surface area contributed by atoms with E-state index >= 15 is 0 Å². The summed E-state index contributed by atoms with van der Waals surface area (Å²) in [6, 6.07) is 6.30. The molecule has 0 saturated heterocycles. The SMILES string of the molecule is CCc1c(C)c2cc3[nH]c(cc4nc(c5c6nc(cc1[nH]2)=C(C)C6=C(O)CC=5O)[C@@H](CCC(=O)O)[C@@H]4C)c(C)c3C(C)C. The molecule has 8 heteroatoms. The Balaban J connectivity index is 1.85. The number of hydrogen-bond acceptors (Lipinski definition) is 5. The van der Waals surface area contributed by atoms with Crippen LogP contribution in [-0.4, -0.2) is 41.2 Å². The molecular formula is C35H40N4O4. The largest absolute Gasteiger partial charge is 0.511 e. The first-order chi connectivity index (χ1) is 20.4. The van der Waals surface area contributed by atoms with Gasteiger partial charge in [-0.05, 0) is 85.6 Å². The Bertz CT molecular complexity index is 2030. The van der Waals surface area contributed by atoms with E-state index in [9.17, 15) is 20.1 Å². The molecule has 0 amide bonds. The molecule has 3 aliphatic rings. The Morgan fingerprint density at radius 1 is 0.977 bits per heavy atom. The van der Waals surface area contributed by atoms with Crippen molar-refractivity contribution in [3.05, 3.63) is 73.9 Å². The minimum absolute atomic E-state index is 0.00461. The van der Waals surface area contributed by atoms with Gasteiger partial charge in [-0.3, -0.25) is 9.78 Å². The summed E-state index contributed by atoms with van der Waals surface area (Å²) in [5, 5.41) is 33.2. The van der Waals surface area contributed by atoms with Crippen LogP contribution in [0.5, 0.6) is 0 Å². The molecule has 0 saturated carbocycles. The average Bonchev–Trinajstić information content (AvgIpc) is 3.61. The lowest BCUT2D eigenvalue weighted by Crippen LogP contribution is -2.24. The predicted molar refractivity (Wildman–Crippen MR) is 171 cm³/mol. The van der Waals surface area contributed by atoms with Gasteiger partial charge in [-0.1, -0.05) is 27.7 Å². The second-order valence-corrected chi connectivity index (χ2v) is 12.5. The number of H-pyrrole nitrogens is 2. The number of aromatic nitrogens is 4. The van der Waals surface area contributed by atoms with Crippen LogP contribution in [0.3, 0.4) is 0 Å². The van der Waals surface area contributed by atoms with E-state index in [4.69, 9.17) is 9.97 Å². The van der Waals surface area contributed by atoms with Gasteiger partial charge in [-0.25, -0.2) is 4.98 Å². The van der Waals surface area contributed by atoms with Crippen LogP contribution in [0.4, 0.5) is 0 Å². The van der Waals surface area contributed by atoms with Crippen molar-refractivity contribution in [3.8, 4) is 0 Å². The molecule has 224 valence electrons. The maximum absolute atomic E-state index is 11.7. The van der Waals surface area contributed by atoms with Gasteiger partial charge in [0.25, 0.3) is 0 Å². The predicted octanol–water partition coefficient (Wildman–Crippen LogP) is 6.58. The number of aliphatic hydroxyl groups is 2. The van der Waals surface area contributed by atoms with Crippen molar-refractivity contribution >= 4 is 44.9 Å². The number of hydrogen-bond donors (Lipinski definition) is 5. The molecule has 0 aromatic carbocycles. The third-order valence-corrected chi connectivity index (χ3v) is 9.58. The molecule has 8 bridgehead atoms. The minimum atomic E-state index is -0.871. The zero-order chi connectivity index (χ0) is 30.9. The smallest absolute Gasteiger partial charge is 0.303 e. The van der Waals surface area contributed by atoms with Crippen molar-refractivity contribution in [1.29, 1.82) is 0 Å². The van der Waals surface area contributed by atoms with Crippen molar-refractivity contribution in [2.45, 2.75) is 91.9 Å². The molecule has 0 spiro atoms. The molecule has 43 heavy (non-hydrogen) atoms. The number of nitrogens with one attached hydrogen (secondary N) is 2. The standard InChI is InChI=1S/C35H40N4O4/c1-8-20-16(4)22-13-27-31(15(2)3)18(6)24(37-27)11-23-17(5)21(9-10-30(42)43)34(38-23)33-29(41)14-28(40)32-19(7)25(39-35(32)33)12-26(20)36-22/h11-13,15,17,21,36-37,40-41H,8-10,14H2,1-7H3,(H,42,43)/t17-,21-/m0/s1. The maximum Gasteiger partial charge on any atom is 0.303 e. The van der Waals surface area contributed by atoms with E-state index in [1.54, 1.807) is 0 Å². The van der Waals surface area contributed by atoms with Crippen molar-refractivity contribution in [2.24, 2.45) is 0 Å². The summed E-state index contributed by atoms with van der Waals surface area (Å²) < 4.78 is 0. The number of carboxylic acids is 1. The highest BCUT2D eigenvalue weighted by atomic mass is 16.4. The van der Waals surface area contributed by atoms with Gasteiger partial charge in [0.15, 0.2) is 0 Å². The molecular weight excluding hydrogens is 540 g/mol. The van der Waals surface area contributed by atoms with E-state index in [0.717, 1.165) is 45.3 Å². The lowest BCUT2D eigenvalue weighted by atomic mass is 9.85. The van der Waals surface area contributed by atoms with E-state index in [2.05, 4.69) is 63.6 Å². The third-order valence-electron chi connectivity index (χ3n) is 9.58. The van der Waals surface area contributed by atoms with Crippen LogP contribution in [0.25, 0.3) is 39.0 Å². The van der Waals surface area contributed by atoms with Crippen LogP contribution >= 0.6 is 0 Å². The number of aryl methyl sites for hydroxylation is 3. The van der Waals surface area contributed by atoms with Gasteiger partial charge >= 0.3 is 5.97 Å². The summed E-state index contributed by atoms with van der Waals surface area (Å²) in [7, 11) is 0. The van der Waals surface area contributed by atoms with Crippen LogP contribution in [-0.2, 0) is 11.2 Å². The first-order valence-electron chi connectivity index (χ1n) is 15.2. The monoisotopic (exact) mass is 580 g/mol. The minimum Gasteiger partial charge on any atom is -0.511 e. The first kappa shape index (κ1) is 28.8. The lowest BCUT2D eigenvalue weighted by Gasteiger charge is -2.18. The molecule has 0 unspecified atom stereocenters. The summed E-state index contributed by atoms with van der Waals surface area (Å²) in [6.07, 6.45) is 1.17. The van der Waals surface area contributed by atoms with Crippen molar-refractivity contribution in [2.75, 3.05) is 0 Å². The first-order valence-corrected chi connectivity index (χ1v) is 15.2. The Morgan fingerprint density at radius 3 is 2.35 bits per heavy atom. The number of fused-ring (bicyclic) bond motifs is 8. The van der Waals surface area contributed by atoms with Crippen LogP contribution in [0.2, 0.25) is 0 Å². The molecule has 0 fully saturated rings. The highest BCUT2D eigenvalue weighted by molar-refractivity contribution is 6.00. The molecule has 0 radical (unpaired) electrons. The Labute approximate surface area is 250 Å². The Kier molecular flexibility index (Phi) is 6.98. The number of carbonyl (C=O) groups is 1. The molecule has 5 N–H and O–H groups in total. The van der Waals surface area contributed by atoms with Crippen LogP contribution < -0.4 is 10.6 Å². The fourth-order valence-corrected chi connectivity index (χ4v) is 7.31. The van der Waals surface area contributed by atoms with Gasteiger partial charge in [0, 0.05) is 51.6 Å². The number of allylic oxidation sites excluding steroid dienone is 1. The summed E-state index contributed by atoms with van der Waals surface area (Å²) in [4.78, 5) is 29.1. The third kappa shape index (κ3) is 4.55. The van der Waals surface area contributed by atoms with Crippen LogP contribution in [0, 0.1) is 13.8 Å².